The highest BCUT2D eigenvalue weighted by molar-refractivity contribution is 5.32. The summed E-state index contributed by atoms with van der Waals surface area (Å²) < 4.78 is 9.86. The number of hydrogen-bond donors (Lipinski definition) is 3. The van der Waals surface area contributed by atoms with Gasteiger partial charge >= 0.3 is 5.69 Å². The maximum Gasteiger partial charge on any atom is 0.350 e. The minimum atomic E-state index is -0.432. The second kappa shape index (κ2) is 9.29. The van der Waals surface area contributed by atoms with E-state index in [4.69, 9.17) is 9.47 Å². The number of methoxy groups -OCH3 is 2. The fraction of sp³-hybridized carbons (Fsp3) is 0.727. The van der Waals surface area contributed by atoms with Crippen LogP contribution in [-0.2, 0) is 9.47 Å². The first-order valence-electron chi connectivity index (χ1n) is 6.20. The lowest BCUT2D eigenvalue weighted by atomic mass is 10.4. The number of hydrogen-bond acceptors (Lipinski definition) is 7. The summed E-state index contributed by atoms with van der Waals surface area (Å²) in [6.45, 7) is 2.63. The zero-order valence-corrected chi connectivity index (χ0v) is 11.4. The van der Waals surface area contributed by atoms with Crippen molar-refractivity contribution in [2.24, 2.45) is 0 Å². The zero-order valence-electron chi connectivity index (χ0n) is 11.4. The Hall–Kier alpha value is -1.67. The van der Waals surface area contributed by atoms with Crippen LogP contribution in [0.1, 0.15) is 12.8 Å². The summed E-state index contributed by atoms with van der Waals surface area (Å²) in [6, 6.07) is 0. The van der Waals surface area contributed by atoms with Gasteiger partial charge in [0.2, 0.25) is 11.9 Å². The second-order valence-electron chi connectivity index (χ2n) is 3.87. The molecule has 0 aliphatic carbocycles. The van der Waals surface area contributed by atoms with Gasteiger partial charge < -0.3 is 20.1 Å². The molecule has 108 valence electrons. The molecule has 0 aliphatic heterocycles. The van der Waals surface area contributed by atoms with E-state index in [1.165, 1.54) is 0 Å². The molecular weight excluding hydrogens is 250 g/mol. The molecule has 0 atom stereocenters. The summed E-state index contributed by atoms with van der Waals surface area (Å²) >= 11 is 0. The van der Waals surface area contributed by atoms with Crippen LogP contribution in [0.4, 0.5) is 11.9 Å². The number of nitrogens with one attached hydrogen (secondary N) is 3. The fourth-order valence-corrected chi connectivity index (χ4v) is 1.39. The van der Waals surface area contributed by atoms with Crippen LogP contribution in [-0.4, -0.2) is 55.5 Å². The second-order valence-corrected chi connectivity index (χ2v) is 3.87. The maximum atomic E-state index is 11.4. The van der Waals surface area contributed by atoms with Crippen molar-refractivity contribution in [2.45, 2.75) is 12.8 Å². The van der Waals surface area contributed by atoms with Gasteiger partial charge in [0.1, 0.15) is 0 Å². The molecular formula is C11H21N5O3. The van der Waals surface area contributed by atoms with Gasteiger partial charge in [0, 0.05) is 40.5 Å². The summed E-state index contributed by atoms with van der Waals surface area (Å²) in [6.07, 6.45) is 1.66. The lowest BCUT2D eigenvalue weighted by Crippen LogP contribution is -2.20. The van der Waals surface area contributed by atoms with Crippen molar-refractivity contribution in [3.8, 4) is 0 Å². The normalized spacial score (nSPS) is 10.4. The standard InChI is InChI=1S/C11H21N5O3/c1-18-7-3-5-12-9-14-10(16-11(17)15-9)13-6-4-8-19-2/h3-8H2,1-2H3,(H3,12,13,14,15,16,17). The number of nitrogens with zero attached hydrogens (tertiary/aromatic N) is 2. The predicted molar refractivity (Wildman–Crippen MR) is 72.6 cm³/mol. The fourth-order valence-electron chi connectivity index (χ4n) is 1.39. The lowest BCUT2D eigenvalue weighted by molar-refractivity contribution is 0.197. The van der Waals surface area contributed by atoms with Gasteiger partial charge in [-0.3, -0.25) is 4.98 Å². The van der Waals surface area contributed by atoms with Crippen LogP contribution in [0.15, 0.2) is 4.79 Å². The van der Waals surface area contributed by atoms with E-state index in [-0.39, 0.29) is 0 Å². The molecule has 0 bridgehead atoms. The Morgan fingerprint density at radius 2 is 1.68 bits per heavy atom. The van der Waals surface area contributed by atoms with Gasteiger partial charge in [-0.1, -0.05) is 0 Å². The van der Waals surface area contributed by atoms with Gasteiger partial charge in [0.05, 0.1) is 0 Å². The molecule has 19 heavy (non-hydrogen) atoms. The Bertz CT molecular complexity index is 376. The minimum Gasteiger partial charge on any atom is -0.385 e. The first-order valence-corrected chi connectivity index (χ1v) is 6.20. The van der Waals surface area contributed by atoms with E-state index in [1.54, 1.807) is 14.2 Å². The van der Waals surface area contributed by atoms with Gasteiger partial charge in [0.15, 0.2) is 0 Å². The van der Waals surface area contributed by atoms with Gasteiger partial charge in [-0.15, -0.1) is 0 Å². The Labute approximate surface area is 111 Å². The summed E-state index contributed by atoms with van der Waals surface area (Å²) in [4.78, 5) is 21.8. The van der Waals surface area contributed by atoms with Gasteiger partial charge in [-0.2, -0.15) is 9.97 Å². The van der Waals surface area contributed by atoms with E-state index >= 15 is 0 Å². The highest BCUT2D eigenvalue weighted by atomic mass is 16.5. The number of aromatic amines is 1. The van der Waals surface area contributed by atoms with Crippen LogP contribution in [0.2, 0.25) is 0 Å². The van der Waals surface area contributed by atoms with Crippen molar-refractivity contribution in [3.05, 3.63) is 10.5 Å². The number of rotatable bonds is 10. The number of H-pyrrole nitrogens is 1. The number of ether oxygens (including phenoxy) is 2. The molecule has 0 amide bonds. The van der Waals surface area contributed by atoms with Crippen LogP contribution in [0.3, 0.4) is 0 Å². The molecule has 1 aromatic heterocycles. The average Bonchev–Trinajstić information content (AvgIpc) is 2.39. The third kappa shape index (κ3) is 6.73. The maximum absolute atomic E-state index is 11.4. The largest absolute Gasteiger partial charge is 0.385 e. The Balaban J connectivity index is 2.44. The molecule has 0 fully saturated rings. The third-order valence-corrected chi connectivity index (χ3v) is 2.28. The summed E-state index contributed by atoms with van der Waals surface area (Å²) in [5, 5.41) is 5.99. The Kier molecular flexibility index (Phi) is 7.52. The predicted octanol–water partition coefficient (Wildman–Crippen LogP) is 0.0617. The summed E-state index contributed by atoms with van der Waals surface area (Å²) in [7, 11) is 3.29. The Morgan fingerprint density at radius 3 is 2.32 bits per heavy atom. The molecule has 1 rings (SSSR count). The van der Waals surface area contributed by atoms with Crippen molar-refractivity contribution in [3.63, 3.8) is 0 Å². The number of anilines is 2. The van der Waals surface area contributed by atoms with Crippen molar-refractivity contribution in [1.29, 1.82) is 0 Å². The van der Waals surface area contributed by atoms with E-state index in [0.29, 0.717) is 38.2 Å². The average molecular weight is 271 g/mol. The monoisotopic (exact) mass is 271 g/mol. The van der Waals surface area contributed by atoms with Crippen molar-refractivity contribution < 1.29 is 9.47 Å². The van der Waals surface area contributed by atoms with Gasteiger partial charge in [-0.05, 0) is 12.8 Å². The first-order chi connectivity index (χ1) is 9.26. The molecule has 1 aromatic rings. The first kappa shape index (κ1) is 15.4. The Morgan fingerprint density at radius 1 is 1.05 bits per heavy atom. The van der Waals surface area contributed by atoms with E-state index < -0.39 is 5.69 Å². The molecule has 8 heteroatoms. The highest BCUT2D eigenvalue weighted by Gasteiger charge is 2.01. The summed E-state index contributed by atoms with van der Waals surface area (Å²) in [5.74, 6) is 0.722. The minimum absolute atomic E-state index is 0.314. The van der Waals surface area contributed by atoms with Crippen LogP contribution in [0.25, 0.3) is 0 Å². The third-order valence-electron chi connectivity index (χ3n) is 2.28. The topological polar surface area (TPSA) is 101 Å². The molecule has 0 aliphatic rings. The van der Waals surface area contributed by atoms with Crippen molar-refractivity contribution in [2.75, 3.05) is 51.2 Å². The molecule has 3 N–H and O–H groups in total. The molecule has 0 unspecified atom stereocenters. The molecule has 0 radical (unpaired) electrons. The molecule has 0 saturated carbocycles. The zero-order chi connectivity index (χ0) is 13.9. The van der Waals surface area contributed by atoms with Crippen LogP contribution in [0.5, 0.6) is 0 Å². The molecule has 1 heterocycles. The lowest BCUT2D eigenvalue weighted by Gasteiger charge is -2.07. The molecule has 0 spiro atoms. The van der Waals surface area contributed by atoms with Crippen LogP contribution in [0, 0.1) is 0 Å². The van der Waals surface area contributed by atoms with Crippen LogP contribution < -0.4 is 16.3 Å². The number of aromatic nitrogens is 3. The van der Waals surface area contributed by atoms with E-state index in [1.807, 2.05) is 0 Å². The molecule has 0 aromatic carbocycles. The smallest absolute Gasteiger partial charge is 0.350 e. The quantitative estimate of drug-likeness (QED) is 0.517. The molecule has 0 saturated heterocycles. The van der Waals surface area contributed by atoms with Crippen molar-refractivity contribution in [1.82, 2.24) is 15.0 Å². The van der Waals surface area contributed by atoms with Crippen molar-refractivity contribution >= 4 is 11.9 Å². The van der Waals surface area contributed by atoms with E-state index in [2.05, 4.69) is 25.6 Å². The molecule has 8 nitrogen and oxygen atoms in total. The summed E-state index contributed by atoms with van der Waals surface area (Å²) in [5.41, 5.74) is -0.432. The van der Waals surface area contributed by atoms with Crippen LogP contribution >= 0.6 is 0 Å². The van der Waals surface area contributed by atoms with Gasteiger partial charge in [-0.25, -0.2) is 4.79 Å². The SMILES string of the molecule is COCCCNc1nc(NCCCOC)[nH]c(=O)n1. The van der Waals surface area contributed by atoms with E-state index in [0.717, 1.165) is 12.8 Å². The van der Waals surface area contributed by atoms with Gasteiger partial charge in [0.25, 0.3) is 0 Å². The van der Waals surface area contributed by atoms with E-state index in [9.17, 15) is 4.79 Å². The highest BCUT2D eigenvalue weighted by Crippen LogP contribution is 1.99.